The van der Waals surface area contributed by atoms with Crippen LogP contribution in [-0.2, 0) is 14.3 Å². The average molecular weight is 494 g/mol. The van der Waals surface area contributed by atoms with Crippen molar-refractivity contribution < 1.29 is 24.2 Å². The Kier molecular flexibility index (Phi) is 7.47. The lowest BCUT2D eigenvalue weighted by molar-refractivity contribution is -0.161. The van der Waals surface area contributed by atoms with E-state index in [1.54, 1.807) is 34.1 Å². The molecule has 2 heterocycles. The van der Waals surface area contributed by atoms with E-state index in [-0.39, 0.29) is 17.7 Å². The predicted octanol–water partition coefficient (Wildman–Crippen LogP) is 2.51. The lowest BCUT2D eigenvalue weighted by Crippen LogP contribution is -2.53. The van der Waals surface area contributed by atoms with Gasteiger partial charge in [-0.3, -0.25) is 14.4 Å². The van der Waals surface area contributed by atoms with E-state index in [1.807, 2.05) is 32.1 Å². The zero-order chi connectivity index (χ0) is 25.9. The van der Waals surface area contributed by atoms with Gasteiger partial charge in [0.25, 0.3) is 11.8 Å². The number of nitrogens with one attached hydrogen (secondary N) is 1. The van der Waals surface area contributed by atoms with E-state index in [4.69, 9.17) is 4.74 Å². The van der Waals surface area contributed by atoms with E-state index >= 15 is 0 Å². The van der Waals surface area contributed by atoms with Crippen molar-refractivity contribution in [2.45, 2.75) is 38.7 Å². The number of amides is 3. The number of ether oxygens (including phenoxy) is 1. The van der Waals surface area contributed by atoms with Crippen LogP contribution >= 0.6 is 0 Å². The molecule has 3 amide bonds. The van der Waals surface area contributed by atoms with E-state index in [2.05, 4.69) is 11.9 Å². The normalized spacial score (nSPS) is 20.9. The minimum absolute atomic E-state index is 0.0533. The highest BCUT2D eigenvalue weighted by Gasteiger charge is 2.50. The average Bonchev–Trinajstić information content (AvgIpc) is 3.61. The van der Waals surface area contributed by atoms with Crippen LogP contribution in [0.15, 0.2) is 54.8 Å². The summed E-state index contributed by atoms with van der Waals surface area (Å²) in [7, 11) is 0. The van der Waals surface area contributed by atoms with Gasteiger partial charge in [0, 0.05) is 37.4 Å². The second-order valence-electron chi connectivity index (χ2n) is 9.96. The second kappa shape index (κ2) is 10.4. The van der Waals surface area contributed by atoms with Gasteiger partial charge >= 0.3 is 0 Å². The van der Waals surface area contributed by atoms with E-state index in [9.17, 15) is 19.5 Å². The highest BCUT2D eigenvalue weighted by molar-refractivity contribution is 5.95. The van der Waals surface area contributed by atoms with Crippen molar-refractivity contribution in [2.24, 2.45) is 5.41 Å². The molecular formula is C28H35N3O5. The minimum atomic E-state index is -1.17. The zero-order valence-electron chi connectivity index (χ0n) is 21.1. The molecule has 2 saturated heterocycles. The van der Waals surface area contributed by atoms with Crippen LogP contribution in [0.1, 0.15) is 49.0 Å². The first kappa shape index (κ1) is 25.9. The van der Waals surface area contributed by atoms with Gasteiger partial charge in [-0.15, -0.1) is 0 Å². The first-order chi connectivity index (χ1) is 17.2. The summed E-state index contributed by atoms with van der Waals surface area (Å²) in [5, 5.41) is 13.1. The zero-order valence-corrected chi connectivity index (χ0v) is 21.1. The second-order valence-corrected chi connectivity index (χ2v) is 9.96. The Balaban J connectivity index is 1.37. The van der Waals surface area contributed by atoms with Crippen molar-refractivity contribution in [3.8, 4) is 0 Å². The Bertz CT molecular complexity index is 1080. The topological polar surface area (TPSA) is 99.2 Å². The molecule has 1 aromatic carbocycles. The molecule has 3 aliphatic rings. The number of nitrogens with zero attached hydrogens (tertiary/aromatic N) is 2. The Morgan fingerprint density at radius 1 is 1.06 bits per heavy atom. The highest BCUT2D eigenvalue weighted by Crippen LogP contribution is 2.37. The Hall–Kier alpha value is -3.23. The van der Waals surface area contributed by atoms with Crippen LogP contribution in [-0.4, -0.2) is 77.6 Å². The fraction of sp³-hybridized carbons (Fsp3) is 0.464. The lowest BCUT2D eigenvalue weighted by atomic mass is 9.82. The largest absolute Gasteiger partial charge is 0.380 e. The molecule has 1 aromatic rings. The van der Waals surface area contributed by atoms with E-state index in [0.29, 0.717) is 69.9 Å². The van der Waals surface area contributed by atoms with Gasteiger partial charge in [0.05, 0.1) is 18.6 Å². The number of aliphatic hydroxyl groups is 1. The third-order valence-electron chi connectivity index (χ3n) is 7.41. The van der Waals surface area contributed by atoms with Crippen LogP contribution in [0.5, 0.6) is 0 Å². The fourth-order valence-electron chi connectivity index (χ4n) is 4.47. The maximum absolute atomic E-state index is 13.0. The summed E-state index contributed by atoms with van der Waals surface area (Å²) in [5.41, 5.74) is 1.46. The molecule has 0 spiro atoms. The van der Waals surface area contributed by atoms with Crippen LogP contribution in [0.3, 0.4) is 0 Å². The first-order valence-corrected chi connectivity index (χ1v) is 12.5. The highest BCUT2D eigenvalue weighted by atomic mass is 16.5. The molecular weight excluding hydrogens is 458 g/mol. The number of carbonyl (C=O) groups is 3. The monoisotopic (exact) mass is 493 g/mol. The summed E-state index contributed by atoms with van der Waals surface area (Å²) in [6.45, 7) is 10.3. The maximum Gasteiger partial charge on any atom is 0.254 e. The molecule has 0 unspecified atom stereocenters. The third-order valence-corrected chi connectivity index (χ3v) is 7.41. The molecule has 3 fully saturated rings. The summed E-state index contributed by atoms with van der Waals surface area (Å²) in [6, 6.07) is 7.38. The molecule has 1 saturated carbocycles. The summed E-state index contributed by atoms with van der Waals surface area (Å²) in [4.78, 5) is 41.5. The maximum atomic E-state index is 13.0. The molecule has 4 rings (SSSR count). The van der Waals surface area contributed by atoms with Crippen molar-refractivity contribution in [3.63, 3.8) is 0 Å². The van der Waals surface area contributed by atoms with Crippen LogP contribution in [0.25, 0.3) is 5.57 Å². The molecule has 0 atom stereocenters. The third kappa shape index (κ3) is 5.29. The molecule has 2 N–H and O–H groups in total. The molecule has 8 nitrogen and oxygen atoms in total. The molecule has 192 valence electrons. The lowest BCUT2D eigenvalue weighted by Gasteiger charge is -2.39. The van der Waals surface area contributed by atoms with Gasteiger partial charge in [-0.05, 0) is 61.6 Å². The molecule has 0 bridgehead atoms. The van der Waals surface area contributed by atoms with Gasteiger partial charge in [-0.2, -0.15) is 0 Å². The van der Waals surface area contributed by atoms with Crippen molar-refractivity contribution in [1.29, 1.82) is 0 Å². The van der Waals surface area contributed by atoms with Crippen LogP contribution in [0.2, 0.25) is 0 Å². The molecule has 1 aliphatic carbocycles. The van der Waals surface area contributed by atoms with Gasteiger partial charge in [0.1, 0.15) is 5.60 Å². The fourth-order valence-corrected chi connectivity index (χ4v) is 4.47. The summed E-state index contributed by atoms with van der Waals surface area (Å²) < 4.78 is 5.27. The number of benzene rings is 1. The quantitative estimate of drug-likeness (QED) is 0.542. The number of hydrogen-bond acceptors (Lipinski definition) is 5. The van der Waals surface area contributed by atoms with Crippen molar-refractivity contribution >= 4 is 23.3 Å². The van der Waals surface area contributed by atoms with Gasteiger partial charge in [-0.25, -0.2) is 0 Å². The SMILES string of the molecule is C=C/C=C(\C=C(/C)c1ccc(C(=O)N2CCN(C(=O)C3(O)CC3)CC2)cc1)NC(=O)C1(CC)COC1. The van der Waals surface area contributed by atoms with Gasteiger partial charge in [-0.1, -0.05) is 31.7 Å². The predicted molar refractivity (Wildman–Crippen MR) is 137 cm³/mol. The Morgan fingerprint density at radius 3 is 2.14 bits per heavy atom. The van der Waals surface area contributed by atoms with E-state index in [0.717, 1.165) is 11.1 Å². The number of rotatable bonds is 8. The number of carbonyl (C=O) groups excluding carboxylic acids is 3. The molecule has 0 aromatic heterocycles. The first-order valence-electron chi connectivity index (χ1n) is 12.5. The smallest absolute Gasteiger partial charge is 0.254 e. The Labute approximate surface area is 212 Å². The molecule has 8 heteroatoms. The number of hydrogen-bond donors (Lipinski definition) is 2. The summed E-state index contributed by atoms with van der Waals surface area (Å²) in [6.07, 6.45) is 7.05. The standard InChI is InChI=1S/C28H35N3O5/c1-4-6-23(29-25(33)27(5-2)18-36-19-27)17-20(3)21-7-9-22(10-8-21)24(32)30-13-15-31(16-14-30)26(34)28(35)11-12-28/h4,6-10,17,35H,1,5,11-16,18-19H2,2-3H3,(H,29,33)/b20-17+,23-6+. The van der Waals surface area contributed by atoms with Gasteiger partial charge in [0.15, 0.2) is 0 Å². The molecule has 2 aliphatic heterocycles. The van der Waals surface area contributed by atoms with Crippen LogP contribution in [0.4, 0.5) is 0 Å². The van der Waals surface area contributed by atoms with Gasteiger partial charge in [0.2, 0.25) is 5.91 Å². The van der Waals surface area contributed by atoms with Crippen LogP contribution < -0.4 is 5.32 Å². The number of allylic oxidation sites excluding steroid dienone is 4. The van der Waals surface area contributed by atoms with Gasteiger partial charge < -0.3 is 25.0 Å². The van der Waals surface area contributed by atoms with Crippen LogP contribution in [0, 0.1) is 5.41 Å². The van der Waals surface area contributed by atoms with Crippen molar-refractivity contribution in [1.82, 2.24) is 15.1 Å². The summed E-state index contributed by atoms with van der Waals surface area (Å²) >= 11 is 0. The van der Waals surface area contributed by atoms with E-state index in [1.165, 1.54) is 0 Å². The van der Waals surface area contributed by atoms with E-state index < -0.39 is 11.0 Å². The van der Waals surface area contributed by atoms with Crippen molar-refractivity contribution in [3.05, 3.63) is 65.9 Å². The molecule has 0 radical (unpaired) electrons. The Morgan fingerprint density at radius 2 is 1.64 bits per heavy atom. The van der Waals surface area contributed by atoms with Crippen molar-refractivity contribution in [2.75, 3.05) is 39.4 Å². The minimum Gasteiger partial charge on any atom is -0.380 e. The number of piperazine rings is 1. The molecule has 36 heavy (non-hydrogen) atoms. The summed E-state index contributed by atoms with van der Waals surface area (Å²) in [5.74, 6) is -0.344.